The lowest BCUT2D eigenvalue weighted by Gasteiger charge is -2.19. The quantitative estimate of drug-likeness (QED) is 0.598. The summed E-state index contributed by atoms with van der Waals surface area (Å²) < 4.78 is 5.00. The van der Waals surface area contributed by atoms with Crippen molar-refractivity contribution in [3.05, 3.63) is 29.3 Å². The first-order valence-corrected chi connectivity index (χ1v) is 9.81. The molecule has 150 valence electrons. The van der Waals surface area contributed by atoms with E-state index in [1.54, 1.807) is 0 Å². The highest BCUT2D eigenvalue weighted by Gasteiger charge is 2.48. The molecular formula is C21H26N2O5. The van der Waals surface area contributed by atoms with Gasteiger partial charge in [-0.25, -0.2) is 0 Å². The number of anilines is 1. The summed E-state index contributed by atoms with van der Waals surface area (Å²) in [6.07, 6.45) is 4.01. The second kappa shape index (κ2) is 8.54. The molecule has 0 radical (unpaired) electrons. The molecule has 1 heterocycles. The molecule has 3 amide bonds. The molecule has 0 unspecified atom stereocenters. The van der Waals surface area contributed by atoms with E-state index >= 15 is 0 Å². The van der Waals surface area contributed by atoms with Gasteiger partial charge >= 0.3 is 5.97 Å². The van der Waals surface area contributed by atoms with E-state index in [0.29, 0.717) is 12.8 Å². The Morgan fingerprint density at radius 1 is 1.14 bits per heavy atom. The molecule has 1 saturated carbocycles. The average molecular weight is 386 g/mol. The third-order valence-electron chi connectivity index (χ3n) is 5.59. The fourth-order valence-electron chi connectivity index (χ4n) is 4.09. The summed E-state index contributed by atoms with van der Waals surface area (Å²) in [4.78, 5) is 50.0. The van der Waals surface area contributed by atoms with Crippen molar-refractivity contribution in [2.75, 3.05) is 18.5 Å². The van der Waals surface area contributed by atoms with Crippen LogP contribution in [0.5, 0.6) is 0 Å². The molecule has 3 rings (SSSR count). The van der Waals surface area contributed by atoms with E-state index < -0.39 is 25.0 Å². The topological polar surface area (TPSA) is 92.8 Å². The molecule has 1 aliphatic heterocycles. The maximum Gasteiger partial charge on any atom is 0.326 e. The highest BCUT2D eigenvalue weighted by Crippen LogP contribution is 2.37. The minimum atomic E-state index is -0.754. The molecule has 2 fully saturated rings. The molecule has 1 aliphatic carbocycles. The van der Waals surface area contributed by atoms with E-state index in [-0.39, 0.29) is 23.7 Å². The van der Waals surface area contributed by atoms with Gasteiger partial charge in [-0.1, -0.05) is 38.0 Å². The van der Waals surface area contributed by atoms with Crippen molar-refractivity contribution in [2.45, 2.75) is 46.0 Å². The molecule has 0 spiro atoms. The van der Waals surface area contributed by atoms with Crippen LogP contribution in [0.2, 0.25) is 0 Å². The summed E-state index contributed by atoms with van der Waals surface area (Å²) in [6.45, 7) is 3.00. The lowest BCUT2D eigenvalue weighted by molar-refractivity contribution is -0.154. The fourth-order valence-corrected chi connectivity index (χ4v) is 4.09. The lowest BCUT2D eigenvalue weighted by Crippen LogP contribution is -2.37. The van der Waals surface area contributed by atoms with Crippen molar-refractivity contribution >= 4 is 29.4 Å². The number of hydrogen-bond acceptors (Lipinski definition) is 5. The van der Waals surface area contributed by atoms with Crippen LogP contribution >= 0.6 is 0 Å². The van der Waals surface area contributed by atoms with Crippen LogP contribution in [0.3, 0.4) is 0 Å². The Morgan fingerprint density at radius 2 is 1.79 bits per heavy atom. The van der Waals surface area contributed by atoms with Crippen LogP contribution < -0.4 is 5.32 Å². The van der Waals surface area contributed by atoms with Crippen molar-refractivity contribution in [2.24, 2.45) is 11.8 Å². The first kappa shape index (κ1) is 20.0. The first-order chi connectivity index (χ1) is 13.4. The third kappa shape index (κ3) is 4.08. The Hall–Kier alpha value is -2.70. The number of nitrogens with one attached hydrogen (secondary N) is 1. The van der Waals surface area contributed by atoms with Crippen LogP contribution in [0.1, 0.15) is 43.7 Å². The standard InChI is InChI=1S/C21H26N2O5/c1-3-14-8-6-7-13(2)19(14)22-17(24)12-28-18(25)11-23-20(26)15-9-4-5-10-16(15)21(23)27/h6-8,15-16H,3-5,9-12H2,1-2H3,(H,22,24)/t15-,16+. The van der Waals surface area contributed by atoms with Crippen LogP contribution in [-0.4, -0.2) is 41.7 Å². The van der Waals surface area contributed by atoms with E-state index in [1.165, 1.54) is 0 Å². The monoisotopic (exact) mass is 386 g/mol. The van der Waals surface area contributed by atoms with Crippen LogP contribution in [0, 0.1) is 18.8 Å². The van der Waals surface area contributed by atoms with Crippen molar-refractivity contribution < 1.29 is 23.9 Å². The molecule has 1 saturated heterocycles. The smallest absolute Gasteiger partial charge is 0.326 e. The van der Waals surface area contributed by atoms with Crippen molar-refractivity contribution in [1.82, 2.24) is 4.90 Å². The number of rotatable bonds is 6. The molecule has 0 bridgehead atoms. The summed E-state index contributed by atoms with van der Waals surface area (Å²) in [6, 6.07) is 5.75. The predicted octanol–water partition coefficient (Wildman–Crippen LogP) is 2.21. The van der Waals surface area contributed by atoms with Gasteiger partial charge in [0.25, 0.3) is 5.91 Å². The predicted molar refractivity (Wildman–Crippen MR) is 102 cm³/mol. The van der Waals surface area contributed by atoms with Gasteiger partial charge in [-0.3, -0.25) is 24.1 Å². The largest absolute Gasteiger partial charge is 0.454 e. The highest BCUT2D eigenvalue weighted by molar-refractivity contribution is 6.07. The van der Waals surface area contributed by atoms with Crippen molar-refractivity contribution in [1.29, 1.82) is 0 Å². The van der Waals surface area contributed by atoms with Crippen LogP contribution in [-0.2, 0) is 30.3 Å². The summed E-state index contributed by atoms with van der Waals surface area (Å²) in [7, 11) is 0. The zero-order chi connectivity index (χ0) is 20.3. The van der Waals surface area contributed by atoms with Gasteiger partial charge < -0.3 is 10.1 Å². The average Bonchev–Trinajstić information content (AvgIpc) is 2.93. The Morgan fingerprint density at radius 3 is 2.39 bits per heavy atom. The second-order valence-corrected chi connectivity index (χ2v) is 7.43. The first-order valence-electron chi connectivity index (χ1n) is 9.81. The number of para-hydroxylation sites is 1. The number of benzene rings is 1. The van der Waals surface area contributed by atoms with E-state index in [4.69, 9.17) is 4.74 Å². The number of imide groups is 1. The molecule has 28 heavy (non-hydrogen) atoms. The number of fused-ring (bicyclic) bond motifs is 1. The Kier molecular flexibility index (Phi) is 6.11. The minimum absolute atomic E-state index is 0.288. The van der Waals surface area contributed by atoms with E-state index in [2.05, 4.69) is 5.32 Å². The number of carbonyl (C=O) groups excluding carboxylic acids is 4. The van der Waals surface area contributed by atoms with E-state index in [1.807, 2.05) is 32.0 Å². The summed E-state index contributed by atoms with van der Waals surface area (Å²) in [5, 5.41) is 2.77. The van der Waals surface area contributed by atoms with Crippen LogP contribution in [0.15, 0.2) is 18.2 Å². The zero-order valence-corrected chi connectivity index (χ0v) is 16.3. The molecular weight excluding hydrogens is 360 g/mol. The number of likely N-dealkylation sites (tertiary alicyclic amines) is 1. The van der Waals surface area contributed by atoms with E-state index in [9.17, 15) is 19.2 Å². The molecule has 0 aromatic heterocycles. The SMILES string of the molecule is CCc1cccc(C)c1NC(=O)COC(=O)CN1C(=O)[C@H]2CCCC[C@H]2C1=O. The van der Waals surface area contributed by atoms with Gasteiger partial charge in [0.1, 0.15) is 6.54 Å². The van der Waals surface area contributed by atoms with Crippen molar-refractivity contribution in [3.8, 4) is 0 Å². The summed E-state index contributed by atoms with van der Waals surface area (Å²) in [5.74, 6) is -2.38. The third-order valence-corrected chi connectivity index (χ3v) is 5.59. The van der Waals surface area contributed by atoms with Gasteiger partial charge in [0.2, 0.25) is 11.8 Å². The molecule has 7 heteroatoms. The Balaban J connectivity index is 1.53. The van der Waals surface area contributed by atoms with E-state index in [0.717, 1.165) is 41.0 Å². The maximum absolute atomic E-state index is 12.4. The number of ether oxygens (including phenoxy) is 1. The Labute approximate surface area is 164 Å². The van der Waals surface area contributed by atoms with Crippen molar-refractivity contribution in [3.63, 3.8) is 0 Å². The van der Waals surface area contributed by atoms with Crippen LogP contribution in [0.25, 0.3) is 0 Å². The molecule has 2 aliphatic rings. The zero-order valence-electron chi connectivity index (χ0n) is 16.3. The summed E-state index contributed by atoms with van der Waals surface area (Å²) in [5.41, 5.74) is 2.64. The van der Waals surface area contributed by atoms with Gasteiger partial charge in [-0.15, -0.1) is 0 Å². The molecule has 1 aromatic rings. The second-order valence-electron chi connectivity index (χ2n) is 7.43. The molecule has 7 nitrogen and oxygen atoms in total. The lowest BCUT2D eigenvalue weighted by atomic mass is 9.81. The Bertz CT molecular complexity index is 780. The number of amides is 3. The number of hydrogen-bond donors (Lipinski definition) is 1. The number of nitrogens with zero attached hydrogens (tertiary/aromatic N) is 1. The van der Waals surface area contributed by atoms with Gasteiger partial charge in [0, 0.05) is 5.69 Å². The number of esters is 1. The molecule has 1 aromatic carbocycles. The minimum Gasteiger partial charge on any atom is -0.454 e. The number of aryl methyl sites for hydroxylation is 2. The molecule has 1 N–H and O–H groups in total. The normalized spacial score (nSPS) is 21.4. The van der Waals surface area contributed by atoms with Crippen LogP contribution in [0.4, 0.5) is 5.69 Å². The van der Waals surface area contributed by atoms with Gasteiger partial charge in [-0.2, -0.15) is 0 Å². The van der Waals surface area contributed by atoms with Gasteiger partial charge in [0.15, 0.2) is 6.61 Å². The molecule has 2 atom stereocenters. The maximum atomic E-state index is 12.4. The van der Waals surface area contributed by atoms with Gasteiger partial charge in [-0.05, 0) is 37.3 Å². The fraction of sp³-hybridized carbons (Fsp3) is 0.524. The highest BCUT2D eigenvalue weighted by atomic mass is 16.5. The summed E-state index contributed by atoms with van der Waals surface area (Å²) >= 11 is 0. The number of carbonyl (C=O) groups is 4. The van der Waals surface area contributed by atoms with Gasteiger partial charge in [0.05, 0.1) is 11.8 Å².